The van der Waals surface area contributed by atoms with Gasteiger partial charge in [-0.3, -0.25) is 0 Å². The Balaban J connectivity index is 2.23. The Labute approximate surface area is 101 Å². The van der Waals surface area contributed by atoms with E-state index >= 15 is 0 Å². The molecule has 1 fully saturated rings. The lowest BCUT2D eigenvalue weighted by Crippen LogP contribution is -2.49. The van der Waals surface area contributed by atoms with E-state index in [4.69, 9.17) is 27.0 Å². The third-order valence-corrected chi connectivity index (χ3v) is 2.70. The molecule has 0 amide bonds. The number of hydrogen-bond donors (Lipinski definition) is 1. The number of ether oxygens (including phenoxy) is 2. The monoisotopic (exact) mass is 243 g/mol. The molecule has 1 N–H and O–H groups in total. The molecule has 1 aliphatic heterocycles. The van der Waals surface area contributed by atoms with Crippen molar-refractivity contribution in [2.24, 2.45) is 0 Å². The first-order chi connectivity index (χ1) is 7.77. The van der Waals surface area contributed by atoms with Gasteiger partial charge in [0.15, 0.2) is 11.2 Å². The fourth-order valence-corrected chi connectivity index (χ4v) is 1.70. The highest BCUT2D eigenvalue weighted by Crippen LogP contribution is 2.04. The predicted molar refractivity (Wildman–Crippen MR) is 64.0 cm³/mol. The summed E-state index contributed by atoms with van der Waals surface area (Å²) in [4.78, 5) is 1.97. The van der Waals surface area contributed by atoms with Crippen LogP contribution in [0.25, 0.3) is 0 Å². The fraction of sp³-hybridized carbons (Fsp3) is 0.800. The van der Waals surface area contributed by atoms with Gasteiger partial charge in [0.2, 0.25) is 0 Å². The van der Waals surface area contributed by atoms with Crippen molar-refractivity contribution in [3.8, 4) is 6.07 Å². The van der Waals surface area contributed by atoms with Crippen LogP contribution in [0, 0.1) is 11.3 Å². The Morgan fingerprint density at radius 2 is 2.56 bits per heavy atom. The lowest BCUT2D eigenvalue weighted by molar-refractivity contribution is 0.0262. The zero-order chi connectivity index (χ0) is 11.8. The van der Waals surface area contributed by atoms with Crippen molar-refractivity contribution in [1.29, 1.82) is 5.26 Å². The molecule has 0 aromatic carbocycles. The zero-order valence-corrected chi connectivity index (χ0v) is 10.3. The largest absolute Gasteiger partial charge is 0.385 e. The lowest BCUT2D eigenvalue weighted by atomic mass is 10.3. The molecule has 16 heavy (non-hydrogen) atoms. The van der Waals surface area contributed by atoms with E-state index in [0.717, 1.165) is 26.1 Å². The van der Waals surface area contributed by atoms with Crippen LogP contribution in [0.1, 0.15) is 6.42 Å². The molecule has 1 saturated heterocycles. The third-order valence-electron chi connectivity index (χ3n) is 2.30. The molecule has 0 aromatic rings. The number of thiocarbonyl (C=S) groups is 1. The second kappa shape index (κ2) is 7.39. The average molecular weight is 243 g/mol. The summed E-state index contributed by atoms with van der Waals surface area (Å²) in [6, 6.07) is 2.09. The van der Waals surface area contributed by atoms with Crippen LogP contribution in [0.5, 0.6) is 0 Å². The topological polar surface area (TPSA) is 57.5 Å². The summed E-state index contributed by atoms with van der Waals surface area (Å²) in [6.07, 6.45) is 0.551. The van der Waals surface area contributed by atoms with E-state index in [0.29, 0.717) is 18.3 Å². The van der Waals surface area contributed by atoms with Gasteiger partial charge >= 0.3 is 0 Å². The molecule has 0 saturated carbocycles. The van der Waals surface area contributed by atoms with Crippen molar-refractivity contribution < 1.29 is 9.47 Å². The van der Waals surface area contributed by atoms with Crippen molar-refractivity contribution in [3.63, 3.8) is 0 Å². The van der Waals surface area contributed by atoms with Gasteiger partial charge in [0.05, 0.1) is 19.2 Å². The van der Waals surface area contributed by atoms with E-state index in [1.54, 1.807) is 7.11 Å². The molecule has 1 heterocycles. The van der Waals surface area contributed by atoms with Crippen molar-refractivity contribution in [1.82, 2.24) is 10.2 Å². The van der Waals surface area contributed by atoms with Crippen LogP contribution in [0.15, 0.2) is 0 Å². The van der Waals surface area contributed by atoms with Crippen LogP contribution in [0.2, 0.25) is 0 Å². The van der Waals surface area contributed by atoms with Gasteiger partial charge in [-0.25, -0.2) is 0 Å². The Bertz CT molecular complexity index is 267. The second-order valence-corrected chi connectivity index (χ2v) is 3.90. The molecule has 90 valence electrons. The quantitative estimate of drug-likeness (QED) is 0.559. The van der Waals surface area contributed by atoms with Crippen molar-refractivity contribution >= 4 is 17.3 Å². The maximum absolute atomic E-state index is 8.75. The zero-order valence-electron chi connectivity index (χ0n) is 9.44. The maximum atomic E-state index is 8.75. The molecule has 0 aromatic heterocycles. The number of hydrogen-bond acceptors (Lipinski definition) is 4. The van der Waals surface area contributed by atoms with Gasteiger partial charge in [0.25, 0.3) is 0 Å². The Morgan fingerprint density at radius 1 is 1.75 bits per heavy atom. The minimum Gasteiger partial charge on any atom is -0.385 e. The molecule has 0 spiro atoms. The van der Waals surface area contributed by atoms with Crippen LogP contribution < -0.4 is 5.32 Å². The number of morpholine rings is 1. The van der Waals surface area contributed by atoms with Crippen LogP contribution >= 0.6 is 12.2 Å². The lowest BCUT2D eigenvalue weighted by Gasteiger charge is -2.31. The van der Waals surface area contributed by atoms with E-state index in [1.807, 2.05) is 4.90 Å². The Kier molecular flexibility index (Phi) is 6.08. The fourth-order valence-electron chi connectivity index (χ4n) is 1.44. The normalized spacial score (nSPS) is 20.2. The summed E-state index contributed by atoms with van der Waals surface area (Å²) < 4.78 is 10.2. The van der Waals surface area contributed by atoms with E-state index in [2.05, 4.69) is 11.4 Å². The van der Waals surface area contributed by atoms with E-state index < -0.39 is 0 Å². The smallest absolute Gasteiger partial charge is 0.169 e. The molecule has 1 rings (SSSR count). The molecule has 1 aliphatic rings. The van der Waals surface area contributed by atoms with Crippen molar-refractivity contribution in [3.05, 3.63) is 0 Å². The Hall–Kier alpha value is -0.900. The molecule has 0 bridgehead atoms. The van der Waals surface area contributed by atoms with Gasteiger partial charge in [-0.05, 0) is 18.6 Å². The third kappa shape index (κ3) is 4.31. The molecular formula is C10H17N3O2S. The highest BCUT2D eigenvalue weighted by Gasteiger charge is 2.21. The summed E-state index contributed by atoms with van der Waals surface area (Å²) in [7, 11) is 1.68. The van der Waals surface area contributed by atoms with E-state index in [-0.39, 0.29) is 6.10 Å². The highest BCUT2D eigenvalue weighted by atomic mass is 32.1. The number of nitrogens with zero attached hydrogens (tertiary/aromatic N) is 2. The first kappa shape index (κ1) is 13.2. The van der Waals surface area contributed by atoms with Gasteiger partial charge in [0, 0.05) is 26.8 Å². The summed E-state index contributed by atoms with van der Waals surface area (Å²) in [5.41, 5.74) is 0. The van der Waals surface area contributed by atoms with Crippen LogP contribution in [-0.4, -0.2) is 56.1 Å². The molecule has 0 radical (unpaired) electrons. The van der Waals surface area contributed by atoms with Crippen LogP contribution in [-0.2, 0) is 9.47 Å². The van der Waals surface area contributed by atoms with Gasteiger partial charge in [-0.15, -0.1) is 0 Å². The molecule has 0 aliphatic carbocycles. The molecule has 1 unspecified atom stereocenters. The number of rotatable bonds is 4. The standard InChI is InChI=1S/C10H17N3O2S/c1-14-5-2-3-12-10(16)13-4-6-15-9(7-11)8-13/h9H,2-6,8H2,1H3,(H,12,16). The molecular weight excluding hydrogens is 226 g/mol. The summed E-state index contributed by atoms with van der Waals surface area (Å²) in [5.74, 6) is 0. The minimum absolute atomic E-state index is 0.368. The van der Waals surface area contributed by atoms with Gasteiger partial charge in [-0.2, -0.15) is 5.26 Å². The van der Waals surface area contributed by atoms with Crippen LogP contribution in [0.4, 0.5) is 0 Å². The number of nitriles is 1. The van der Waals surface area contributed by atoms with E-state index in [1.165, 1.54) is 0 Å². The average Bonchev–Trinajstić information content (AvgIpc) is 2.34. The highest BCUT2D eigenvalue weighted by molar-refractivity contribution is 7.80. The van der Waals surface area contributed by atoms with Gasteiger partial charge in [0.1, 0.15) is 0 Å². The minimum atomic E-state index is -0.368. The predicted octanol–water partition coefficient (Wildman–Crippen LogP) is 0.122. The molecule has 6 heteroatoms. The molecule has 1 atom stereocenters. The van der Waals surface area contributed by atoms with Crippen LogP contribution in [0.3, 0.4) is 0 Å². The van der Waals surface area contributed by atoms with Gasteiger partial charge in [-0.1, -0.05) is 0 Å². The van der Waals surface area contributed by atoms with Gasteiger partial charge < -0.3 is 19.7 Å². The molecule has 5 nitrogen and oxygen atoms in total. The first-order valence-electron chi connectivity index (χ1n) is 5.31. The first-order valence-corrected chi connectivity index (χ1v) is 5.71. The summed E-state index contributed by atoms with van der Waals surface area (Å²) >= 11 is 5.23. The maximum Gasteiger partial charge on any atom is 0.169 e. The van der Waals surface area contributed by atoms with Crippen molar-refractivity contribution in [2.45, 2.75) is 12.5 Å². The number of methoxy groups -OCH3 is 1. The van der Waals surface area contributed by atoms with Crippen molar-refractivity contribution in [2.75, 3.05) is 40.0 Å². The number of nitrogens with one attached hydrogen (secondary N) is 1. The second-order valence-electron chi connectivity index (χ2n) is 3.51. The summed E-state index contributed by atoms with van der Waals surface area (Å²) in [5, 5.41) is 12.6. The van der Waals surface area contributed by atoms with E-state index in [9.17, 15) is 0 Å². The summed E-state index contributed by atoms with van der Waals surface area (Å²) in [6.45, 7) is 3.36. The SMILES string of the molecule is COCCCNC(=S)N1CCOC(C#N)C1. The Morgan fingerprint density at radius 3 is 3.25 bits per heavy atom.